The van der Waals surface area contributed by atoms with Crippen LogP contribution in [0.2, 0.25) is 5.02 Å². The number of anilines is 1. The summed E-state index contributed by atoms with van der Waals surface area (Å²) in [5.74, 6) is 0. The van der Waals surface area contributed by atoms with Crippen molar-refractivity contribution >= 4 is 17.3 Å². The molecule has 0 saturated carbocycles. The first kappa shape index (κ1) is 16.8. The third-order valence-corrected chi connectivity index (χ3v) is 3.97. The second-order valence-electron chi connectivity index (χ2n) is 5.32. The monoisotopic (exact) mass is 318 g/mol. The van der Waals surface area contributed by atoms with Gasteiger partial charge < -0.3 is 15.3 Å². The van der Waals surface area contributed by atoms with Crippen LogP contribution in [0.5, 0.6) is 0 Å². The predicted octanol–water partition coefficient (Wildman–Crippen LogP) is 3.49. The van der Waals surface area contributed by atoms with Crippen molar-refractivity contribution in [1.82, 2.24) is 5.32 Å². The number of nitrogens with one attached hydrogen (secondary N) is 1. The standard InChI is InChI=1S/C18H23ClN2O/c1-3-20-13-17(22)18(14-8-7-9-15(19)12-14)21(2)16-10-5-4-6-11-16/h4-12,17-18,20,22H,3,13H2,1-2H3/t17-,18+/m1/s1. The Bertz CT molecular complexity index is 576. The van der Waals surface area contributed by atoms with Gasteiger partial charge in [-0.3, -0.25) is 0 Å². The number of aliphatic hydroxyl groups excluding tert-OH is 1. The summed E-state index contributed by atoms with van der Waals surface area (Å²) in [6, 6.07) is 17.6. The molecule has 118 valence electrons. The summed E-state index contributed by atoms with van der Waals surface area (Å²) in [6.07, 6.45) is -0.538. The largest absolute Gasteiger partial charge is 0.389 e. The summed E-state index contributed by atoms with van der Waals surface area (Å²) in [7, 11) is 2.00. The van der Waals surface area contributed by atoms with E-state index in [1.54, 1.807) is 0 Å². The fourth-order valence-electron chi connectivity index (χ4n) is 2.62. The van der Waals surface area contributed by atoms with Gasteiger partial charge in [0.15, 0.2) is 0 Å². The van der Waals surface area contributed by atoms with Crippen LogP contribution in [0.4, 0.5) is 5.69 Å². The van der Waals surface area contributed by atoms with Crippen LogP contribution in [-0.2, 0) is 0 Å². The minimum absolute atomic E-state index is 0.167. The van der Waals surface area contributed by atoms with E-state index in [-0.39, 0.29) is 6.04 Å². The summed E-state index contributed by atoms with van der Waals surface area (Å²) < 4.78 is 0. The lowest BCUT2D eigenvalue weighted by atomic mass is 9.99. The SMILES string of the molecule is CCNC[C@@H](O)[C@H](c1cccc(Cl)c1)N(C)c1ccccc1. The van der Waals surface area contributed by atoms with Gasteiger partial charge in [0.1, 0.15) is 0 Å². The second-order valence-corrected chi connectivity index (χ2v) is 5.76. The predicted molar refractivity (Wildman–Crippen MR) is 93.6 cm³/mol. The number of nitrogens with zero attached hydrogens (tertiary/aromatic N) is 1. The summed E-state index contributed by atoms with van der Waals surface area (Å²) >= 11 is 6.13. The van der Waals surface area contributed by atoms with Crippen molar-refractivity contribution in [3.8, 4) is 0 Å². The maximum absolute atomic E-state index is 10.7. The van der Waals surface area contributed by atoms with Gasteiger partial charge in [0.2, 0.25) is 0 Å². The van der Waals surface area contributed by atoms with Crippen LogP contribution in [0.1, 0.15) is 18.5 Å². The lowest BCUT2D eigenvalue weighted by molar-refractivity contribution is 0.141. The molecule has 0 amide bonds. The molecule has 3 nitrogen and oxygen atoms in total. The van der Waals surface area contributed by atoms with E-state index in [9.17, 15) is 5.11 Å². The topological polar surface area (TPSA) is 35.5 Å². The van der Waals surface area contributed by atoms with Crippen molar-refractivity contribution in [2.24, 2.45) is 0 Å². The van der Waals surface area contributed by atoms with E-state index in [1.165, 1.54) is 0 Å². The molecule has 0 saturated heterocycles. The molecule has 2 aromatic rings. The number of hydrogen-bond acceptors (Lipinski definition) is 3. The van der Waals surface area contributed by atoms with Gasteiger partial charge in [-0.2, -0.15) is 0 Å². The fourth-order valence-corrected chi connectivity index (χ4v) is 2.82. The average molecular weight is 319 g/mol. The Balaban J connectivity index is 2.32. The van der Waals surface area contributed by atoms with E-state index in [0.29, 0.717) is 11.6 Å². The van der Waals surface area contributed by atoms with Gasteiger partial charge in [-0.25, -0.2) is 0 Å². The molecule has 0 radical (unpaired) electrons. The number of halogens is 1. The molecule has 0 aliphatic carbocycles. The van der Waals surface area contributed by atoms with E-state index < -0.39 is 6.10 Å². The van der Waals surface area contributed by atoms with Crippen molar-refractivity contribution < 1.29 is 5.11 Å². The maximum Gasteiger partial charge on any atom is 0.0909 e. The molecule has 2 aromatic carbocycles. The highest BCUT2D eigenvalue weighted by molar-refractivity contribution is 6.30. The van der Waals surface area contributed by atoms with Crippen LogP contribution >= 0.6 is 11.6 Å². The van der Waals surface area contributed by atoms with Crippen molar-refractivity contribution in [2.45, 2.75) is 19.1 Å². The number of aliphatic hydroxyl groups is 1. The van der Waals surface area contributed by atoms with Crippen molar-refractivity contribution in [2.75, 3.05) is 25.0 Å². The molecule has 2 rings (SSSR count). The van der Waals surface area contributed by atoms with E-state index in [4.69, 9.17) is 11.6 Å². The molecule has 0 bridgehead atoms. The Morgan fingerprint density at radius 2 is 1.86 bits per heavy atom. The van der Waals surface area contributed by atoms with Crippen LogP contribution in [0.25, 0.3) is 0 Å². The molecule has 0 spiro atoms. The molecule has 22 heavy (non-hydrogen) atoms. The van der Waals surface area contributed by atoms with Crippen molar-refractivity contribution in [1.29, 1.82) is 0 Å². The molecule has 2 atom stereocenters. The summed E-state index contributed by atoms with van der Waals surface area (Å²) in [6.45, 7) is 3.39. The van der Waals surface area contributed by atoms with E-state index in [1.807, 2.05) is 68.6 Å². The van der Waals surface area contributed by atoms with Crippen molar-refractivity contribution in [3.63, 3.8) is 0 Å². The summed E-state index contributed by atoms with van der Waals surface area (Å²) in [4.78, 5) is 2.09. The number of para-hydroxylation sites is 1. The lowest BCUT2D eigenvalue weighted by Gasteiger charge is -2.34. The van der Waals surface area contributed by atoms with Crippen LogP contribution in [0.15, 0.2) is 54.6 Å². The molecular weight excluding hydrogens is 296 g/mol. The quantitative estimate of drug-likeness (QED) is 0.820. The van der Waals surface area contributed by atoms with Crippen molar-refractivity contribution in [3.05, 3.63) is 65.2 Å². The Labute approximate surface area is 137 Å². The molecule has 0 aliphatic rings. The normalized spacial score (nSPS) is 13.6. The molecule has 0 unspecified atom stereocenters. The van der Waals surface area contributed by atoms with Gasteiger partial charge in [-0.15, -0.1) is 0 Å². The smallest absolute Gasteiger partial charge is 0.0909 e. The molecule has 4 heteroatoms. The highest BCUT2D eigenvalue weighted by Crippen LogP contribution is 2.29. The molecule has 2 N–H and O–H groups in total. The molecule has 0 aliphatic heterocycles. The number of hydrogen-bond donors (Lipinski definition) is 2. The zero-order valence-corrected chi connectivity index (χ0v) is 13.8. The molecule has 0 aromatic heterocycles. The second kappa shape index (κ2) is 8.18. The van der Waals surface area contributed by atoms with Crippen LogP contribution in [-0.4, -0.2) is 31.3 Å². The third kappa shape index (κ3) is 4.23. The average Bonchev–Trinajstić information content (AvgIpc) is 2.54. The van der Waals surface area contributed by atoms with E-state index in [0.717, 1.165) is 17.8 Å². The van der Waals surface area contributed by atoms with Gasteiger partial charge in [0.25, 0.3) is 0 Å². The van der Waals surface area contributed by atoms with E-state index >= 15 is 0 Å². The Morgan fingerprint density at radius 1 is 1.14 bits per heavy atom. The molecular formula is C18H23ClN2O. The zero-order valence-electron chi connectivity index (χ0n) is 13.0. The van der Waals surface area contributed by atoms with Gasteiger partial charge in [0, 0.05) is 24.3 Å². The Kier molecular flexibility index (Phi) is 6.25. The first-order valence-electron chi connectivity index (χ1n) is 7.55. The minimum Gasteiger partial charge on any atom is -0.389 e. The third-order valence-electron chi connectivity index (χ3n) is 3.74. The number of likely N-dealkylation sites (N-methyl/N-ethyl adjacent to an activating group) is 2. The Hall–Kier alpha value is -1.55. The highest BCUT2D eigenvalue weighted by Gasteiger charge is 2.25. The summed E-state index contributed by atoms with van der Waals surface area (Å²) in [5, 5.41) is 14.6. The first-order valence-corrected chi connectivity index (χ1v) is 7.93. The number of benzene rings is 2. The van der Waals surface area contributed by atoms with Crippen LogP contribution < -0.4 is 10.2 Å². The van der Waals surface area contributed by atoms with Crippen LogP contribution in [0.3, 0.4) is 0 Å². The Morgan fingerprint density at radius 3 is 2.50 bits per heavy atom. The first-order chi connectivity index (χ1) is 10.6. The molecule has 0 fully saturated rings. The summed E-state index contributed by atoms with van der Waals surface area (Å²) in [5.41, 5.74) is 2.06. The fraction of sp³-hybridized carbons (Fsp3) is 0.333. The van der Waals surface area contributed by atoms with Gasteiger partial charge in [0.05, 0.1) is 12.1 Å². The van der Waals surface area contributed by atoms with Gasteiger partial charge in [-0.05, 0) is 36.4 Å². The minimum atomic E-state index is -0.538. The van der Waals surface area contributed by atoms with Crippen LogP contribution in [0, 0.1) is 0 Å². The van der Waals surface area contributed by atoms with Gasteiger partial charge >= 0.3 is 0 Å². The van der Waals surface area contributed by atoms with E-state index in [2.05, 4.69) is 10.2 Å². The lowest BCUT2D eigenvalue weighted by Crippen LogP contribution is -2.40. The number of rotatable bonds is 7. The van der Waals surface area contributed by atoms with Gasteiger partial charge in [-0.1, -0.05) is 48.9 Å². The maximum atomic E-state index is 10.7. The highest BCUT2D eigenvalue weighted by atomic mass is 35.5. The molecule has 0 heterocycles. The zero-order chi connectivity index (χ0) is 15.9.